The highest BCUT2D eigenvalue weighted by Crippen LogP contribution is 2.47. The van der Waals surface area contributed by atoms with Crippen LogP contribution in [-0.4, -0.2) is 18.8 Å². The molecule has 1 amide bonds. The van der Waals surface area contributed by atoms with E-state index in [0.29, 0.717) is 29.9 Å². The molecule has 2 aliphatic rings. The highest BCUT2D eigenvalue weighted by atomic mass is 16.5. The number of allylic oxidation sites excluding steroid dienone is 2. The molecule has 0 radical (unpaired) electrons. The van der Waals surface area contributed by atoms with E-state index in [1.165, 1.54) is 0 Å². The van der Waals surface area contributed by atoms with Gasteiger partial charge in [0.1, 0.15) is 11.5 Å². The van der Waals surface area contributed by atoms with Gasteiger partial charge in [0.15, 0.2) is 5.78 Å². The molecule has 5 heteroatoms. The summed E-state index contributed by atoms with van der Waals surface area (Å²) in [6.45, 7) is 0. The molecular formula is C26H23NO4. The van der Waals surface area contributed by atoms with E-state index < -0.39 is 0 Å². The van der Waals surface area contributed by atoms with Gasteiger partial charge < -0.3 is 9.15 Å². The maximum atomic E-state index is 13.5. The average Bonchev–Trinajstić information content (AvgIpc) is 3.34. The Labute approximate surface area is 180 Å². The van der Waals surface area contributed by atoms with E-state index in [2.05, 4.69) is 0 Å². The van der Waals surface area contributed by atoms with Crippen molar-refractivity contribution in [2.75, 3.05) is 12.0 Å². The Morgan fingerprint density at radius 3 is 2.52 bits per heavy atom. The number of ketones is 1. The maximum absolute atomic E-state index is 13.5. The first-order valence-corrected chi connectivity index (χ1v) is 10.5. The Kier molecular flexibility index (Phi) is 4.94. The van der Waals surface area contributed by atoms with E-state index >= 15 is 0 Å². The van der Waals surface area contributed by atoms with Gasteiger partial charge in [-0.25, -0.2) is 0 Å². The number of hydrogen-bond acceptors (Lipinski definition) is 4. The summed E-state index contributed by atoms with van der Waals surface area (Å²) in [7, 11) is 1.60. The van der Waals surface area contributed by atoms with Gasteiger partial charge in [-0.15, -0.1) is 0 Å². The van der Waals surface area contributed by atoms with Gasteiger partial charge in [0, 0.05) is 30.2 Å². The number of rotatable bonds is 4. The molecule has 1 aliphatic carbocycles. The van der Waals surface area contributed by atoms with E-state index in [9.17, 15) is 9.59 Å². The first kappa shape index (κ1) is 19.4. The molecule has 5 rings (SSSR count). The molecule has 0 N–H and O–H groups in total. The lowest BCUT2D eigenvalue weighted by Gasteiger charge is -2.40. The number of nitrogens with zero attached hydrogens (tertiary/aromatic N) is 1. The third-order valence-electron chi connectivity index (χ3n) is 6.20. The molecule has 5 nitrogen and oxygen atoms in total. The van der Waals surface area contributed by atoms with Crippen LogP contribution in [0.1, 0.15) is 42.4 Å². The third-order valence-corrected chi connectivity index (χ3v) is 6.20. The number of benzene rings is 2. The van der Waals surface area contributed by atoms with Gasteiger partial charge in [0.2, 0.25) is 5.91 Å². The van der Waals surface area contributed by atoms with E-state index in [1.807, 2.05) is 60.7 Å². The first-order chi connectivity index (χ1) is 15.2. The summed E-state index contributed by atoms with van der Waals surface area (Å²) in [6.07, 6.45) is 2.84. The Morgan fingerprint density at radius 2 is 1.77 bits per heavy atom. The molecule has 2 atom stereocenters. The summed E-state index contributed by atoms with van der Waals surface area (Å²) in [5.74, 6) is 1.05. The number of carbonyl (C=O) groups excluding carboxylic acids is 2. The molecular weight excluding hydrogens is 390 g/mol. The zero-order chi connectivity index (χ0) is 21.4. The average molecular weight is 413 g/mol. The van der Waals surface area contributed by atoms with E-state index in [0.717, 1.165) is 16.9 Å². The minimum Gasteiger partial charge on any atom is -0.497 e. The second-order valence-corrected chi connectivity index (χ2v) is 8.00. The maximum Gasteiger partial charge on any atom is 0.232 e. The van der Waals surface area contributed by atoms with Crippen LogP contribution in [0.25, 0.3) is 0 Å². The Morgan fingerprint density at radius 1 is 0.935 bits per heavy atom. The topological polar surface area (TPSA) is 59.8 Å². The molecule has 31 heavy (non-hydrogen) atoms. The van der Waals surface area contributed by atoms with Crippen molar-refractivity contribution in [3.05, 3.63) is 95.6 Å². The van der Waals surface area contributed by atoms with Gasteiger partial charge in [-0.1, -0.05) is 36.4 Å². The lowest BCUT2D eigenvalue weighted by atomic mass is 9.74. The number of anilines is 1. The number of furan rings is 1. The van der Waals surface area contributed by atoms with Crippen molar-refractivity contribution < 1.29 is 18.7 Å². The largest absolute Gasteiger partial charge is 0.497 e. The van der Waals surface area contributed by atoms with Crippen molar-refractivity contribution in [2.45, 2.75) is 31.1 Å². The van der Waals surface area contributed by atoms with Gasteiger partial charge in [-0.05, 0) is 42.2 Å². The van der Waals surface area contributed by atoms with Crippen LogP contribution < -0.4 is 9.64 Å². The van der Waals surface area contributed by atoms with E-state index in [1.54, 1.807) is 24.3 Å². The molecule has 0 bridgehead atoms. The molecule has 2 heterocycles. The predicted octanol–water partition coefficient (Wildman–Crippen LogP) is 5.21. The van der Waals surface area contributed by atoms with Crippen LogP contribution in [0.4, 0.5) is 5.69 Å². The van der Waals surface area contributed by atoms with Crippen molar-refractivity contribution in [1.29, 1.82) is 0 Å². The molecule has 0 spiro atoms. The fraction of sp³-hybridized carbons (Fsp3) is 0.231. The van der Waals surface area contributed by atoms with Gasteiger partial charge >= 0.3 is 0 Å². The highest BCUT2D eigenvalue weighted by molar-refractivity contribution is 6.07. The number of carbonyl (C=O) groups is 2. The molecule has 1 aliphatic heterocycles. The fourth-order valence-corrected chi connectivity index (χ4v) is 4.78. The SMILES string of the molecule is COc1cccc(N2C(=O)CC(c3ccco3)C3=C2CC(c2ccccc2)CC3=O)c1. The molecule has 2 unspecified atom stereocenters. The van der Waals surface area contributed by atoms with Crippen molar-refractivity contribution in [2.24, 2.45) is 0 Å². The summed E-state index contributed by atoms with van der Waals surface area (Å²) >= 11 is 0. The standard InChI is InChI=1S/C26H23NO4/c1-30-20-10-5-9-19(15-20)27-22-13-18(17-7-3-2-4-8-17)14-23(28)26(22)21(16-25(27)29)24-11-6-12-31-24/h2-12,15,18,21H,13-14,16H2,1H3. The Hall–Kier alpha value is -3.60. The van der Waals surface area contributed by atoms with Gasteiger partial charge in [-0.3, -0.25) is 14.5 Å². The van der Waals surface area contributed by atoms with Crippen LogP contribution in [-0.2, 0) is 9.59 Å². The van der Waals surface area contributed by atoms with Crippen LogP contribution in [0.5, 0.6) is 5.75 Å². The number of ether oxygens (including phenoxy) is 1. The second-order valence-electron chi connectivity index (χ2n) is 8.00. The van der Waals surface area contributed by atoms with Crippen LogP contribution in [0.2, 0.25) is 0 Å². The van der Waals surface area contributed by atoms with Gasteiger partial charge in [0.05, 0.1) is 25.0 Å². The van der Waals surface area contributed by atoms with Crippen molar-refractivity contribution in [1.82, 2.24) is 0 Å². The number of methoxy groups -OCH3 is 1. The molecule has 2 aromatic carbocycles. The molecule has 3 aromatic rings. The Balaban J connectivity index is 1.65. The van der Waals surface area contributed by atoms with Crippen LogP contribution in [0.15, 0.2) is 88.7 Å². The first-order valence-electron chi connectivity index (χ1n) is 10.5. The minimum atomic E-state index is -0.344. The molecule has 0 fully saturated rings. The monoisotopic (exact) mass is 413 g/mol. The van der Waals surface area contributed by atoms with Crippen molar-refractivity contribution in [3.63, 3.8) is 0 Å². The van der Waals surface area contributed by atoms with E-state index in [4.69, 9.17) is 9.15 Å². The zero-order valence-electron chi connectivity index (χ0n) is 17.3. The fourth-order valence-electron chi connectivity index (χ4n) is 4.78. The number of hydrogen-bond donors (Lipinski definition) is 0. The lowest BCUT2D eigenvalue weighted by molar-refractivity contribution is -0.120. The number of amides is 1. The predicted molar refractivity (Wildman–Crippen MR) is 117 cm³/mol. The normalized spacial score (nSPS) is 21.3. The summed E-state index contributed by atoms with van der Waals surface area (Å²) in [5, 5.41) is 0. The third kappa shape index (κ3) is 3.46. The number of Topliss-reactive ketones (excluding diaryl/α,β-unsaturated/α-hetero) is 1. The minimum absolute atomic E-state index is 0.0312. The smallest absolute Gasteiger partial charge is 0.232 e. The van der Waals surface area contributed by atoms with E-state index in [-0.39, 0.29) is 29.9 Å². The van der Waals surface area contributed by atoms with Gasteiger partial charge in [0.25, 0.3) is 0 Å². The van der Waals surface area contributed by atoms with Crippen LogP contribution in [0, 0.1) is 0 Å². The molecule has 156 valence electrons. The molecule has 1 aromatic heterocycles. The van der Waals surface area contributed by atoms with Crippen molar-refractivity contribution >= 4 is 17.4 Å². The summed E-state index contributed by atoms with van der Waals surface area (Å²) < 4.78 is 11.0. The van der Waals surface area contributed by atoms with Crippen LogP contribution >= 0.6 is 0 Å². The van der Waals surface area contributed by atoms with Gasteiger partial charge in [-0.2, -0.15) is 0 Å². The molecule has 0 saturated carbocycles. The molecule has 0 saturated heterocycles. The summed E-state index contributed by atoms with van der Waals surface area (Å²) in [4.78, 5) is 28.6. The lowest BCUT2D eigenvalue weighted by Crippen LogP contribution is -2.41. The Bertz CT molecular complexity index is 1150. The summed E-state index contributed by atoms with van der Waals surface area (Å²) in [6, 6.07) is 21.1. The highest BCUT2D eigenvalue weighted by Gasteiger charge is 2.43. The second kappa shape index (κ2) is 7.91. The van der Waals surface area contributed by atoms with Crippen molar-refractivity contribution in [3.8, 4) is 5.75 Å². The van der Waals surface area contributed by atoms with Crippen LogP contribution in [0.3, 0.4) is 0 Å². The quantitative estimate of drug-likeness (QED) is 0.589. The summed E-state index contributed by atoms with van der Waals surface area (Å²) in [5.41, 5.74) is 3.30. The zero-order valence-corrected chi connectivity index (χ0v) is 17.3.